The first-order valence-corrected chi connectivity index (χ1v) is 11.6. The highest BCUT2D eigenvalue weighted by atomic mass is 19.4. The summed E-state index contributed by atoms with van der Waals surface area (Å²) in [7, 11) is 1.01. The number of carbonyl (C=O) groups is 1. The third kappa shape index (κ3) is 5.28. The number of benzene rings is 1. The third-order valence-corrected chi connectivity index (χ3v) is 6.68. The second-order valence-electron chi connectivity index (χ2n) is 9.23. The molecule has 38 heavy (non-hydrogen) atoms. The van der Waals surface area contributed by atoms with Crippen molar-refractivity contribution in [3.8, 4) is 17.0 Å². The highest BCUT2D eigenvalue weighted by Gasteiger charge is 2.45. The van der Waals surface area contributed by atoms with E-state index in [9.17, 15) is 31.1 Å². The molecule has 2 fully saturated rings. The van der Waals surface area contributed by atoms with Crippen LogP contribution in [0.1, 0.15) is 31.2 Å². The van der Waals surface area contributed by atoms with E-state index < -0.39 is 41.3 Å². The normalized spacial score (nSPS) is 18.9. The smallest absolute Gasteiger partial charge is 0.453 e. The summed E-state index contributed by atoms with van der Waals surface area (Å²) in [6.07, 6.45) is -5.45. The van der Waals surface area contributed by atoms with Crippen molar-refractivity contribution in [2.75, 3.05) is 24.3 Å². The van der Waals surface area contributed by atoms with E-state index in [0.717, 1.165) is 45.1 Å². The van der Waals surface area contributed by atoms with Gasteiger partial charge in [0.25, 0.3) is 0 Å². The van der Waals surface area contributed by atoms with Crippen molar-refractivity contribution in [1.29, 1.82) is 0 Å². The molecule has 3 heterocycles. The molecule has 5 rings (SSSR count). The number of H-pyrrole nitrogens is 1. The predicted molar refractivity (Wildman–Crippen MR) is 124 cm³/mol. The van der Waals surface area contributed by atoms with Crippen LogP contribution in [0, 0.1) is 0 Å². The number of aromatic nitrogens is 3. The van der Waals surface area contributed by atoms with E-state index >= 15 is 0 Å². The zero-order valence-corrected chi connectivity index (χ0v) is 19.8. The molecule has 1 spiro atoms. The highest BCUT2D eigenvalue weighted by Crippen LogP contribution is 2.44. The number of hydrogen-bond donors (Lipinski definition) is 4. The van der Waals surface area contributed by atoms with Crippen LogP contribution in [0.5, 0.6) is 5.75 Å². The fraction of sp³-hybridized carbons (Fsp3) is 0.435. The number of amides is 1. The van der Waals surface area contributed by atoms with Crippen LogP contribution in [-0.2, 0) is 10.9 Å². The number of aromatic amines is 1. The molecule has 0 unspecified atom stereocenters. The number of halogens is 6. The number of alkyl halides is 6. The van der Waals surface area contributed by atoms with Crippen molar-refractivity contribution < 1.29 is 40.6 Å². The zero-order chi connectivity index (χ0) is 27.3. The molecule has 0 radical (unpaired) electrons. The van der Waals surface area contributed by atoms with E-state index in [-0.39, 0.29) is 34.0 Å². The van der Waals surface area contributed by atoms with E-state index in [0.29, 0.717) is 12.7 Å². The zero-order valence-electron chi connectivity index (χ0n) is 19.8. The highest BCUT2D eigenvalue weighted by molar-refractivity contribution is 6.03. The van der Waals surface area contributed by atoms with Crippen molar-refractivity contribution in [3.63, 3.8) is 0 Å². The van der Waals surface area contributed by atoms with Crippen LogP contribution in [0.15, 0.2) is 24.5 Å². The fourth-order valence-electron chi connectivity index (χ4n) is 4.58. The molecule has 1 saturated heterocycles. The van der Waals surface area contributed by atoms with E-state index in [1.165, 1.54) is 6.07 Å². The SMILES string of the molecule is COC(=O)Nc1ccc2c(-c3nc(N[C@H]4CCC5(CC5)NC4)ncc3C(F)(F)F)c[nH]c2c1OC(F)(F)F. The molecule has 3 aromatic rings. The number of nitrogens with zero attached hydrogens (tertiary/aromatic N) is 2. The van der Waals surface area contributed by atoms with Gasteiger partial charge in [0.15, 0.2) is 5.75 Å². The number of rotatable bonds is 5. The number of ether oxygens (including phenoxy) is 2. The van der Waals surface area contributed by atoms with Gasteiger partial charge < -0.3 is 25.1 Å². The number of fused-ring (bicyclic) bond motifs is 1. The summed E-state index contributed by atoms with van der Waals surface area (Å²) in [6, 6.07) is 2.20. The predicted octanol–water partition coefficient (Wildman–Crippen LogP) is 5.42. The lowest BCUT2D eigenvalue weighted by molar-refractivity contribution is -0.273. The Bertz CT molecular complexity index is 1360. The van der Waals surface area contributed by atoms with E-state index in [4.69, 9.17) is 0 Å². The molecule has 0 bridgehead atoms. The minimum absolute atomic E-state index is 0.0448. The summed E-state index contributed by atoms with van der Waals surface area (Å²) in [5.74, 6) is -0.897. The van der Waals surface area contributed by atoms with Crippen LogP contribution >= 0.6 is 0 Å². The lowest BCUT2D eigenvalue weighted by Gasteiger charge is -2.30. The van der Waals surface area contributed by atoms with Crippen LogP contribution < -0.4 is 20.7 Å². The monoisotopic (exact) mass is 544 g/mol. The maximum Gasteiger partial charge on any atom is 0.573 e. The average Bonchev–Trinajstić information content (AvgIpc) is 3.46. The lowest BCUT2D eigenvalue weighted by atomic mass is 9.99. The van der Waals surface area contributed by atoms with Crippen molar-refractivity contribution in [1.82, 2.24) is 20.3 Å². The quantitative estimate of drug-likeness (QED) is 0.318. The summed E-state index contributed by atoms with van der Waals surface area (Å²) >= 11 is 0. The van der Waals surface area contributed by atoms with Crippen molar-refractivity contribution >= 4 is 28.6 Å². The molecule has 9 nitrogen and oxygen atoms in total. The molecule has 15 heteroatoms. The van der Waals surface area contributed by atoms with Gasteiger partial charge in [0.2, 0.25) is 5.95 Å². The number of nitrogens with one attached hydrogen (secondary N) is 4. The van der Waals surface area contributed by atoms with E-state index in [1.807, 2.05) is 0 Å². The van der Waals surface area contributed by atoms with Crippen molar-refractivity contribution in [2.45, 2.75) is 49.8 Å². The Morgan fingerprint density at radius 3 is 2.53 bits per heavy atom. The van der Waals surface area contributed by atoms with Crippen LogP contribution in [0.2, 0.25) is 0 Å². The van der Waals surface area contributed by atoms with Gasteiger partial charge in [-0.1, -0.05) is 0 Å². The number of hydrogen-bond acceptors (Lipinski definition) is 7. The minimum atomic E-state index is -5.16. The van der Waals surface area contributed by atoms with Crippen molar-refractivity contribution in [3.05, 3.63) is 30.1 Å². The average molecular weight is 544 g/mol. The van der Waals surface area contributed by atoms with Gasteiger partial charge in [0.1, 0.15) is 5.56 Å². The summed E-state index contributed by atoms with van der Waals surface area (Å²) in [4.78, 5) is 22.1. The van der Waals surface area contributed by atoms with Gasteiger partial charge in [0, 0.05) is 41.5 Å². The van der Waals surface area contributed by atoms with E-state index in [1.54, 1.807) is 0 Å². The Morgan fingerprint density at radius 1 is 1.16 bits per heavy atom. The standard InChI is InChI=1S/C23H22F6N6O3/c1-37-20(36)34-15-3-2-12-13(9-30-17(12)18(15)38-23(27,28)29)16-14(22(24,25)26)10-31-19(35-16)33-11-4-5-21(6-7-21)32-8-11/h2-3,9-11,30,32H,4-8H2,1H3,(H,34,36)(H,31,33,35)/t11-/m0/s1. The van der Waals surface area contributed by atoms with Gasteiger partial charge in [-0.2, -0.15) is 13.2 Å². The number of carbonyl (C=O) groups excluding carboxylic acids is 1. The Morgan fingerprint density at radius 2 is 1.92 bits per heavy atom. The van der Waals surface area contributed by atoms with Crippen LogP contribution in [-0.4, -0.2) is 52.6 Å². The molecule has 4 N–H and O–H groups in total. The summed E-state index contributed by atoms with van der Waals surface area (Å²) < 4.78 is 89.8. The maximum absolute atomic E-state index is 13.9. The fourth-order valence-corrected chi connectivity index (χ4v) is 4.58. The molecule has 1 aliphatic heterocycles. The Labute approximate surface area is 211 Å². The van der Waals surface area contributed by atoms with Gasteiger partial charge in [0.05, 0.1) is 24.0 Å². The summed E-state index contributed by atoms with van der Waals surface area (Å²) in [6.45, 7) is 0.598. The van der Waals surface area contributed by atoms with Gasteiger partial charge in [-0.25, -0.2) is 14.8 Å². The lowest BCUT2D eigenvalue weighted by Crippen LogP contribution is -2.46. The summed E-state index contributed by atoms with van der Waals surface area (Å²) in [5, 5.41) is 8.55. The van der Waals surface area contributed by atoms with Gasteiger partial charge >= 0.3 is 18.6 Å². The molecule has 2 aliphatic rings. The van der Waals surface area contributed by atoms with Gasteiger partial charge in [-0.3, -0.25) is 5.32 Å². The summed E-state index contributed by atoms with van der Waals surface area (Å²) in [5.41, 5.74) is -2.37. The number of piperidine rings is 1. The van der Waals surface area contributed by atoms with Gasteiger partial charge in [-0.05, 0) is 37.8 Å². The maximum atomic E-state index is 13.9. The van der Waals surface area contributed by atoms with Crippen LogP contribution in [0.3, 0.4) is 0 Å². The molecule has 1 atom stereocenters. The second-order valence-corrected chi connectivity index (χ2v) is 9.23. The number of methoxy groups -OCH3 is 1. The first-order valence-electron chi connectivity index (χ1n) is 11.6. The van der Waals surface area contributed by atoms with Crippen LogP contribution in [0.25, 0.3) is 22.2 Å². The topological polar surface area (TPSA) is 113 Å². The second kappa shape index (κ2) is 9.22. The molecule has 1 aromatic carbocycles. The Balaban J connectivity index is 1.55. The van der Waals surface area contributed by atoms with E-state index in [2.05, 4.69) is 40.4 Å². The Kier molecular flexibility index (Phi) is 6.28. The van der Waals surface area contributed by atoms with Crippen LogP contribution in [0.4, 0.5) is 42.8 Å². The molecule has 2 aromatic heterocycles. The molecule has 1 saturated carbocycles. The van der Waals surface area contributed by atoms with Crippen molar-refractivity contribution in [2.24, 2.45) is 0 Å². The third-order valence-electron chi connectivity index (χ3n) is 6.68. The first kappa shape index (κ1) is 25.9. The molecule has 1 aliphatic carbocycles. The van der Waals surface area contributed by atoms with Gasteiger partial charge in [-0.15, -0.1) is 13.2 Å². The minimum Gasteiger partial charge on any atom is -0.453 e. The molecular weight excluding hydrogens is 522 g/mol. The first-order chi connectivity index (χ1) is 17.9. The Hall–Kier alpha value is -3.75. The molecule has 1 amide bonds. The molecule has 204 valence electrons. The largest absolute Gasteiger partial charge is 0.573 e. The number of anilines is 2. The molecular formula is C23H22F6N6O3.